The number of hydrogen-bond donors (Lipinski definition) is 3. The Morgan fingerprint density at radius 1 is 1.14 bits per heavy atom. The molecule has 1 fully saturated rings. The molecule has 1 aromatic heterocycles. The summed E-state index contributed by atoms with van der Waals surface area (Å²) in [5, 5.41) is 3.96. The average molecular weight is 285 g/mol. The van der Waals surface area contributed by atoms with Crippen molar-refractivity contribution in [2.75, 3.05) is 0 Å². The Morgan fingerprint density at radius 3 is 2.62 bits per heavy atom. The van der Waals surface area contributed by atoms with Gasteiger partial charge in [-0.05, 0) is 49.3 Å². The minimum Gasteiger partial charge on any atom is -0.349 e. The summed E-state index contributed by atoms with van der Waals surface area (Å²) in [5.41, 5.74) is 6.95. The zero-order valence-electron chi connectivity index (χ0n) is 11.8. The van der Waals surface area contributed by atoms with Crippen LogP contribution in [0.15, 0.2) is 35.1 Å². The smallest absolute Gasteiger partial charge is 0.251 e. The number of aromatic amines is 1. The van der Waals surface area contributed by atoms with Crippen molar-refractivity contribution in [3.63, 3.8) is 0 Å². The normalized spacial score (nSPS) is 22.1. The van der Waals surface area contributed by atoms with Crippen LogP contribution in [-0.2, 0) is 0 Å². The largest absolute Gasteiger partial charge is 0.349 e. The molecule has 1 amide bonds. The Bertz CT molecular complexity index is 715. The summed E-state index contributed by atoms with van der Waals surface area (Å²) in [4.78, 5) is 26.4. The number of H-pyrrole nitrogens is 1. The minimum atomic E-state index is -0.165. The predicted molar refractivity (Wildman–Crippen MR) is 82.3 cm³/mol. The summed E-state index contributed by atoms with van der Waals surface area (Å²) < 4.78 is 0. The van der Waals surface area contributed by atoms with E-state index in [0.29, 0.717) is 11.1 Å². The summed E-state index contributed by atoms with van der Waals surface area (Å²) >= 11 is 0. The van der Waals surface area contributed by atoms with Crippen molar-refractivity contribution in [2.45, 2.75) is 37.8 Å². The number of fused-ring (bicyclic) bond motifs is 1. The third-order valence-corrected chi connectivity index (χ3v) is 4.09. The van der Waals surface area contributed by atoms with Gasteiger partial charge >= 0.3 is 0 Å². The third-order valence-electron chi connectivity index (χ3n) is 4.09. The van der Waals surface area contributed by atoms with Crippen molar-refractivity contribution >= 4 is 16.8 Å². The molecule has 4 N–H and O–H groups in total. The molecule has 21 heavy (non-hydrogen) atoms. The van der Waals surface area contributed by atoms with Crippen molar-refractivity contribution in [1.29, 1.82) is 0 Å². The molecule has 5 nitrogen and oxygen atoms in total. The van der Waals surface area contributed by atoms with Crippen LogP contribution in [0, 0.1) is 0 Å². The maximum atomic E-state index is 12.3. The van der Waals surface area contributed by atoms with E-state index in [2.05, 4.69) is 10.3 Å². The van der Waals surface area contributed by atoms with Crippen LogP contribution in [-0.4, -0.2) is 23.0 Å². The van der Waals surface area contributed by atoms with Crippen LogP contribution in [0.25, 0.3) is 10.9 Å². The number of rotatable bonds is 2. The highest BCUT2D eigenvalue weighted by Crippen LogP contribution is 2.18. The van der Waals surface area contributed by atoms with Gasteiger partial charge in [-0.25, -0.2) is 0 Å². The maximum Gasteiger partial charge on any atom is 0.251 e. The van der Waals surface area contributed by atoms with E-state index in [1.165, 1.54) is 6.07 Å². The zero-order valence-corrected chi connectivity index (χ0v) is 11.8. The van der Waals surface area contributed by atoms with Crippen LogP contribution in [0.5, 0.6) is 0 Å². The molecule has 0 atom stereocenters. The Morgan fingerprint density at radius 2 is 1.86 bits per heavy atom. The first-order valence-corrected chi connectivity index (χ1v) is 7.31. The van der Waals surface area contributed by atoms with Gasteiger partial charge < -0.3 is 16.0 Å². The predicted octanol–water partition coefficient (Wildman–Crippen LogP) is 1.53. The average Bonchev–Trinajstić information content (AvgIpc) is 2.48. The van der Waals surface area contributed by atoms with Gasteiger partial charge in [0.1, 0.15) is 0 Å². The molecular weight excluding hydrogens is 266 g/mol. The van der Waals surface area contributed by atoms with Gasteiger partial charge in [-0.2, -0.15) is 0 Å². The molecule has 0 aliphatic heterocycles. The van der Waals surface area contributed by atoms with E-state index < -0.39 is 0 Å². The molecule has 1 saturated carbocycles. The van der Waals surface area contributed by atoms with E-state index in [4.69, 9.17) is 5.73 Å². The lowest BCUT2D eigenvalue weighted by Gasteiger charge is -2.26. The Kier molecular flexibility index (Phi) is 3.75. The van der Waals surface area contributed by atoms with Crippen LogP contribution in [0.1, 0.15) is 36.0 Å². The highest BCUT2D eigenvalue weighted by Gasteiger charge is 2.20. The van der Waals surface area contributed by atoms with E-state index in [-0.39, 0.29) is 23.6 Å². The van der Waals surface area contributed by atoms with Gasteiger partial charge in [-0.15, -0.1) is 0 Å². The molecule has 1 heterocycles. The molecule has 0 bridgehead atoms. The molecule has 1 aromatic carbocycles. The van der Waals surface area contributed by atoms with Gasteiger partial charge in [0.05, 0.1) is 0 Å². The number of pyridine rings is 1. The number of aromatic nitrogens is 1. The van der Waals surface area contributed by atoms with Crippen molar-refractivity contribution in [2.24, 2.45) is 5.73 Å². The van der Waals surface area contributed by atoms with E-state index in [1.54, 1.807) is 18.2 Å². The standard InChI is InChI=1S/C16H19N3O2/c17-12-4-6-13(7-5-12)18-16(21)11-2-1-10-3-8-15(20)19-14(10)9-11/h1-3,8-9,12-13H,4-7,17H2,(H,18,21)(H,19,20). The van der Waals surface area contributed by atoms with Crippen LogP contribution in [0.3, 0.4) is 0 Å². The van der Waals surface area contributed by atoms with E-state index in [9.17, 15) is 9.59 Å². The third kappa shape index (κ3) is 3.13. The lowest BCUT2D eigenvalue weighted by atomic mass is 9.91. The van der Waals surface area contributed by atoms with Crippen LogP contribution in [0.2, 0.25) is 0 Å². The monoisotopic (exact) mass is 285 g/mol. The van der Waals surface area contributed by atoms with Gasteiger partial charge in [-0.3, -0.25) is 9.59 Å². The number of nitrogens with one attached hydrogen (secondary N) is 2. The molecule has 1 aliphatic rings. The molecule has 0 saturated heterocycles. The second-order valence-corrected chi connectivity index (χ2v) is 5.71. The van der Waals surface area contributed by atoms with Gasteiger partial charge in [-0.1, -0.05) is 6.07 Å². The van der Waals surface area contributed by atoms with Crippen LogP contribution >= 0.6 is 0 Å². The van der Waals surface area contributed by atoms with Gasteiger partial charge in [0, 0.05) is 29.2 Å². The summed E-state index contributed by atoms with van der Waals surface area (Å²) in [5.74, 6) is -0.0953. The maximum absolute atomic E-state index is 12.3. The van der Waals surface area contributed by atoms with Crippen LogP contribution < -0.4 is 16.6 Å². The summed E-state index contributed by atoms with van der Waals surface area (Å²) in [6.45, 7) is 0. The minimum absolute atomic E-state index is 0.0953. The fraction of sp³-hybridized carbons (Fsp3) is 0.375. The first kappa shape index (κ1) is 13.8. The highest BCUT2D eigenvalue weighted by molar-refractivity contribution is 5.97. The summed E-state index contributed by atoms with van der Waals surface area (Å²) in [6, 6.07) is 9.04. The number of benzene rings is 1. The first-order valence-electron chi connectivity index (χ1n) is 7.31. The molecule has 110 valence electrons. The fourth-order valence-corrected chi connectivity index (χ4v) is 2.82. The molecule has 0 radical (unpaired) electrons. The van der Waals surface area contributed by atoms with E-state index in [1.807, 2.05) is 6.07 Å². The quantitative estimate of drug-likeness (QED) is 0.782. The molecule has 2 aromatic rings. The van der Waals surface area contributed by atoms with Crippen molar-refractivity contribution in [3.05, 3.63) is 46.2 Å². The lowest BCUT2D eigenvalue weighted by Crippen LogP contribution is -2.40. The lowest BCUT2D eigenvalue weighted by molar-refractivity contribution is 0.0926. The van der Waals surface area contributed by atoms with Gasteiger partial charge in [0.2, 0.25) is 5.56 Å². The Balaban J connectivity index is 1.76. The Labute approximate surface area is 122 Å². The topological polar surface area (TPSA) is 88.0 Å². The van der Waals surface area contributed by atoms with Crippen molar-refractivity contribution in [3.8, 4) is 0 Å². The summed E-state index contributed by atoms with van der Waals surface area (Å²) in [6.07, 6.45) is 3.76. The van der Waals surface area contributed by atoms with E-state index >= 15 is 0 Å². The van der Waals surface area contributed by atoms with Crippen molar-refractivity contribution < 1.29 is 4.79 Å². The van der Waals surface area contributed by atoms with E-state index in [0.717, 1.165) is 31.1 Å². The fourth-order valence-electron chi connectivity index (χ4n) is 2.82. The number of amides is 1. The molecule has 1 aliphatic carbocycles. The van der Waals surface area contributed by atoms with Crippen molar-refractivity contribution in [1.82, 2.24) is 10.3 Å². The van der Waals surface area contributed by atoms with Gasteiger partial charge in [0.25, 0.3) is 5.91 Å². The number of nitrogens with two attached hydrogens (primary N) is 1. The summed E-state index contributed by atoms with van der Waals surface area (Å²) in [7, 11) is 0. The molecule has 5 heteroatoms. The SMILES string of the molecule is NC1CCC(NC(=O)c2ccc3ccc(=O)[nH]c3c2)CC1. The Hall–Kier alpha value is -2.14. The number of hydrogen-bond acceptors (Lipinski definition) is 3. The molecule has 3 rings (SSSR count). The molecule has 0 spiro atoms. The first-order chi connectivity index (χ1) is 10.1. The van der Waals surface area contributed by atoms with Crippen LogP contribution in [0.4, 0.5) is 0 Å². The molecule has 0 unspecified atom stereocenters. The highest BCUT2D eigenvalue weighted by atomic mass is 16.1. The molecular formula is C16H19N3O2. The zero-order chi connectivity index (χ0) is 14.8. The second-order valence-electron chi connectivity index (χ2n) is 5.71. The second kappa shape index (κ2) is 5.69. The van der Waals surface area contributed by atoms with Gasteiger partial charge in [0.15, 0.2) is 0 Å². The number of carbonyl (C=O) groups is 1. The number of carbonyl (C=O) groups excluding carboxylic acids is 1.